The first kappa shape index (κ1) is 12.1. The molecular weight excluding hydrogens is 303 g/mol. The van der Waals surface area contributed by atoms with Crippen molar-refractivity contribution in [2.45, 2.75) is 6.92 Å². The highest BCUT2D eigenvalue weighted by Gasteiger charge is 2.38. The average molecular weight is 312 g/mol. The first-order valence-electron chi connectivity index (χ1n) is 5.12. The fourth-order valence-corrected chi connectivity index (χ4v) is 11.3. The van der Waals surface area contributed by atoms with Crippen molar-refractivity contribution in [3.8, 4) is 0 Å². The maximum atomic E-state index is 5.98. The Morgan fingerprint density at radius 3 is 2.59 bits per heavy atom. The van der Waals surface area contributed by atoms with Crippen molar-refractivity contribution in [2.24, 2.45) is 0 Å². The average Bonchev–Trinajstić information content (AvgIpc) is 2.83. The Balaban J connectivity index is 2.28. The molecule has 0 saturated heterocycles. The molecule has 1 aliphatic rings. The summed E-state index contributed by atoms with van der Waals surface area (Å²) in [7, 11) is 3.46. The molecule has 5 heteroatoms. The molecule has 0 nitrogen and oxygen atoms in total. The molecule has 3 rings (SSSR count). The molecule has 2 heterocycles. The molecule has 0 fully saturated rings. The van der Waals surface area contributed by atoms with Crippen molar-refractivity contribution in [2.75, 3.05) is 0 Å². The third-order valence-corrected chi connectivity index (χ3v) is 11.6. The minimum Gasteiger partial charge on any atom is -0.540 e. The molecule has 2 aromatic rings. The fourth-order valence-electron chi connectivity index (χ4n) is 2.04. The van der Waals surface area contributed by atoms with E-state index in [1.807, 2.05) is 6.07 Å². The normalized spacial score (nSPS) is 22.4. The maximum Gasteiger partial charge on any atom is 0.154 e. The molecule has 1 atom stereocenters. The molecule has 0 radical (unpaired) electrons. The Morgan fingerprint density at radius 2 is 1.88 bits per heavy atom. The van der Waals surface area contributed by atoms with E-state index in [1.165, 1.54) is 21.1 Å². The Kier molecular flexibility index (Phi) is 3.04. The van der Waals surface area contributed by atoms with Gasteiger partial charge >= 0.3 is 0 Å². The van der Waals surface area contributed by atoms with Crippen LogP contribution in [0.15, 0.2) is 36.1 Å². The van der Waals surface area contributed by atoms with Gasteiger partial charge in [0.25, 0.3) is 0 Å². The van der Waals surface area contributed by atoms with Gasteiger partial charge in [-0.05, 0) is 41.4 Å². The standard InChI is InChI=1S/C12H9PS4/c1-8-7-13(15,9-5-3-2-4-6-9)11-10(8)12(14)17-16-11/h2-7H,1H3. The highest BCUT2D eigenvalue weighted by molar-refractivity contribution is 8.51. The second-order valence-corrected chi connectivity index (χ2v) is 11.3. The summed E-state index contributed by atoms with van der Waals surface area (Å²) in [6, 6.07) is 10.5. The van der Waals surface area contributed by atoms with Crippen molar-refractivity contribution in [3.05, 3.63) is 45.5 Å². The molecule has 0 bridgehead atoms. The van der Waals surface area contributed by atoms with Crippen LogP contribution in [0.2, 0.25) is 0 Å². The quantitative estimate of drug-likeness (QED) is 0.332. The zero-order chi connectivity index (χ0) is 12.0. The first-order valence-corrected chi connectivity index (χ1v) is 10.5. The van der Waals surface area contributed by atoms with Crippen LogP contribution in [-0.4, -0.2) is 0 Å². The van der Waals surface area contributed by atoms with E-state index in [4.69, 9.17) is 24.5 Å². The van der Waals surface area contributed by atoms with Crippen molar-refractivity contribution >= 4 is 67.1 Å². The van der Waals surface area contributed by atoms with Gasteiger partial charge in [-0.2, -0.15) is 0 Å². The van der Waals surface area contributed by atoms with Gasteiger partial charge in [0, 0.05) is 0 Å². The van der Waals surface area contributed by atoms with Crippen LogP contribution in [0, 0.1) is 3.82 Å². The van der Waals surface area contributed by atoms with Crippen LogP contribution in [0.4, 0.5) is 0 Å². The van der Waals surface area contributed by atoms with Gasteiger partial charge in [0.2, 0.25) is 0 Å². The molecule has 0 aliphatic carbocycles. The van der Waals surface area contributed by atoms with Crippen LogP contribution in [0.25, 0.3) is 5.57 Å². The highest BCUT2D eigenvalue weighted by Crippen LogP contribution is 2.64. The van der Waals surface area contributed by atoms with E-state index in [0.717, 1.165) is 3.82 Å². The van der Waals surface area contributed by atoms with Crippen molar-refractivity contribution in [1.82, 2.24) is 0 Å². The molecule has 1 aliphatic heterocycles. The van der Waals surface area contributed by atoms with E-state index in [-0.39, 0.29) is 0 Å². The van der Waals surface area contributed by atoms with E-state index in [9.17, 15) is 0 Å². The van der Waals surface area contributed by atoms with Crippen molar-refractivity contribution in [3.63, 3.8) is 0 Å². The third-order valence-electron chi connectivity index (χ3n) is 2.83. The molecule has 0 N–H and O–H groups in total. The van der Waals surface area contributed by atoms with Crippen LogP contribution < -0.4 is 9.92 Å². The minimum absolute atomic E-state index is 1.00. The summed E-state index contributed by atoms with van der Waals surface area (Å²) in [5.74, 6) is 2.28. The van der Waals surface area contributed by atoms with E-state index >= 15 is 0 Å². The lowest BCUT2D eigenvalue weighted by Gasteiger charge is -2.24. The summed E-state index contributed by atoms with van der Waals surface area (Å²) >= 11 is 11.4. The zero-order valence-corrected chi connectivity index (χ0v) is 13.2. The maximum absolute atomic E-state index is 5.98. The minimum atomic E-state index is -1.71. The van der Waals surface area contributed by atoms with Gasteiger partial charge in [0.1, 0.15) is 3.82 Å². The molecule has 1 aromatic carbocycles. The van der Waals surface area contributed by atoms with Gasteiger partial charge in [-0.15, -0.1) is 0 Å². The second-order valence-electron chi connectivity index (χ2n) is 3.94. The van der Waals surface area contributed by atoms with Crippen LogP contribution in [0.1, 0.15) is 12.5 Å². The van der Waals surface area contributed by atoms with Crippen molar-refractivity contribution < 1.29 is 0 Å². The smallest absolute Gasteiger partial charge is 0.154 e. The van der Waals surface area contributed by atoms with Gasteiger partial charge in [-0.3, -0.25) is 0 Å². The topological polar surface area (TPSA) is 0 Å². The number of rotatable bonds is 1. The Bertz CT molecular complexity index is 653. The molecule has 1 aromatic heterocycles. The number of allylic oxidation sites excluding steroid dienone is 1. The number of hydrogen-bond acceptors (Lipinski definition) is 4. The van der Waals surface area contributed by atoms with E-state index < -0.39 is 6.46 Å². The second kappa shape index (κ2) is 4.29. The summed E-state index contributed by atoms with van der Waals surface area (Å²) in [5, 5.41) is 1.28. The summed E-state index contributed by atoms with van der Waals surface area (Å²) in [6.07, 6.45) is 0. The van der Waals surface area contributed by atoms with Crippen LogP contribution in [-0.2, 0) is 12.2 Å². The van der Waals surface area contributed by atoms with Crippen LogP contribution in [0.3, 0.4) is 0 Å². The molecule has 0 amide bonds. The van der Waals surface area contributed by atoms with Gasteiger partial charge in [-0.25, -0.2) is 0 Å². The summed E-state index contributed by atoms with van der Waals surface area (Å²) < 4.78 is 2.34. The predicted octanol–water partition coefficient (Wildman–Crippen LogP) is 4.34. The van der Waals surface area contributed by atoms with E-state index in [2.05, 4.69) is 37.0 Å². The van der Waals surface area contributed by atoms with Gasteiger partial charge in [0.15, 0.2) is 4.62 Å². The summed E-state index contributed by atoms with van der Waals surface area (Å²) in [4.78, 5) is 0. The van der Waals surface area contributed by atoms with Gasteiger partial charge in [0.05, 0.1) is 16.7 Å². The number of fused-ring (bicyclic) bond motifs is 1. The largest absolute Gasteiger partial charge is 0.540 e. The number of hydrogen-bond donors (Lipinski definition) is 0. The lowest BCUT2D eigenvalue weighted by Crippen LogP contribution is -2.14. The predicted molar refractivity (Wildman–Crippen MR) is 86.7 cm³/mol. The zero-order valence-electron chi connectivity index (χ0n) is 9.04. The molecule has 17 heavy (non-hydrogen) atoms. The molecule has 0 spiro atoms. The SMILES string of the molecule is CC1=C[P+]([S-])(c2ccccc2)c2ssc(=S)c21. The Morgan fingerprint density at radius 1 is 1.18 bits per heavy atom. The van der Waals surface area contributed by atoms with Crippen LogP contribution >= 0.6 is 39.4 Å². The van der Waals surface area contributed by atoms with E-state index in [0.29, 0.717) is 0 Å². The molecule has 86 valence electrons. The monoisotopic (exact) mass is 312 g/mol. The van der Waals surface area contributed by atoms with E-state index in [1.54, 1.807) is 20.7 Å². The van der Waals surface area contributed by atoms with Gasteiger partial charge in [-0.1, -0.05) is 40.8 Å². The lowest BCUT2D eigenvalue weighted by atomic mass is 10.2. The highest BCUT2D eigenvalue weighted by atomic mass is 32.9. The Labute approximate surface area is 119 Å². The summed E-state index contributed by atoms with van der Waals surface area (Å²) in [6.45, 7) is 0.416. The summed E-state index contributed by atoms with van der Waals surface area (Å²) in [5.41, 5.74) is 2.52. The lowest BCUT2D eigenvalue weighted by molar-refractivity contribution is 1.72. The van der Waals surface area contributed by atoms with Gasteiger partial charge < -0.3 is 12.2 Å². The first-order chi connectivity index (χ1) is 8.13. The van der Waals surface area contributed by atoms with Crippen LogP contribution in [0.5, 0.6) is 0 Å². The molecule has 0 saturated carbocycles. The molecular formula is C12H9PS4. The Hall–Kier alpha value is 0.01000. The number of benzene rings is 1. The molecule has 1 unspecified atom stereocenters. The third kappa shape index (κ3) is 1.78. The fraction of sp³-hybridized carbons (Fsp3) is 0.0833. The van der Waals surface area contributed by atoms with Crippen molar-refractivity contribution in [1.29, 1.82) is 0 Å².